The minimum atomic E-state index is 0.104. The Balaban J connectivity index is 1.54. The van der Waals surface area contributed by atoms with Gasteiger partial charge in [-0.25, -0.2) is 0 Å². The van der Waals surface area contributed by atoms with Gasteiger partial charge in [0.05, 0.1) is 12.2 Å². The van der Waals surface area contributed by atoms with Crippen molar-refractivity contribution in [2.75, 3.05) is 26.7 Å². The number of piperidine rings is 1. The molecule has 0 bridgehead atoms. The van der Waals surface area contributed by atoms with E-state index in [-0.39, 0.29) is 5.91 Å². The Kier molecular flexibility index (Phi) is 7.10. The van der Waals surface area contributed by atoms with Gasteiger partial charge in [0, 0.05) is 19.5 Å². The summed E-state index contributed by atoms with van der Waals surface area (Å²) in [6.07, 6.45) is 7.58. The predicted octanol–water partition coefficient (Wildman–Crippen LogP) is 2.50. The van der Waals surface area contributed by atoms with Gasteiger partial charge >= 0.3 is 0 Å². The molecule has 2 aromatic rings. The standard InChI is InChI=1S/C22H27N3O3/c1-3-11-25(2)22(26)13-17-9-10-23-15-18(17)12-19-14-21(28-24-19)16-27-20-7-5-4-6-8-20/h1,4-8,14,17-18,23H,9-13,15-16H2,2H3. The number of para-hydroxylation sites is 1. The van der Waals surface area contributed by atoms with E-state index in [4.69, 9.17) is 15.7 Å². The number of ether oxygens (including phenoxy) is 1. The number of hydrogen-bond donors (Lipinski definition) is 1. The molecule has 1 aliphatic rings. The van der Waals surface area contributed by atoms with E-state index in [1.807, 2.05) is 36.4 Å². The molecule has 28 heavy (non-hydrogen) atoms. The van der Waals surface area contributed by atoms with Crippen LogP contribution in [0.1, 0.15) is 24.3 Å². The topological polar surface area (TPSA) is 67.6 Å². The molecule has 1 N–H and O–H groups in total. The third-order valence-electron chi connectivity index (χ3n) is 5.16. The number of benzene rings is 1. The Morgan fingerprint density at radius 2 is 2.21 bits per heavy atom. The monoisotopic (exact) mass is 381 g/mol. The summed E-state index contributed by atoms with van der Waals surface area (Å²) < 4.78 is 11.1. The largest absolute Gasteiger partial charge is 0.486 e. The molecular weight excluding hydrogens is 354 g/mol. The van der Waals surface area contributed by atoms with Gasteiger partial charge in [0.25, 0.3) is 0 Å². The van der Waals surface area contributed by atoms with E-state index < -0.39 is 0 Å². The molecule has 1 aliphatic heterocycles. The molecule has 148 valence electrons. The van der Waals surface area contributed by atoms with Crippen LogP contribution in [0.25, 0.3) is 0 Å². The highest BCUT2D eigenvalue weighted by molar-refractivity contribution is 5.76. The maximum atomic E-state index is 12.4. The Labute approximate surface area is 166 Å². The van der Waals surface area contributed by atoms with Crippen molar-refractivity contribution >= 4 is 5.91 Å². The smallest absolute Gasteiger partial charge is 0.223 e. The Morgan fingerprint density at radius 3 is 3.00 bits per heavy atom. The third-order valence-corrected chi connectivity index (χ3v) is 5.16. The summed E-state index contributed by atoms with van der Waals surface area (Å²) in [6.45, 7) is 2.50. The van der Waals surface area contributed by atoms with Crippen molar-refractivity contribution in [1.29, 1.82) is 0 Å². The molecule has 2 heterocycles. The van der Waals surface area contributed by atoms with Crippen molar-refractivity contribution in [3.63, 3.8) is 0 Å². The number of aromatic nitrogens is 1. The fraction of sp³-hybridized carbons (Fsp3) is 0.455. The maximum Gasteiger partial charge on any atom is 0.223 e. The lowest BCUT2D eigenvalue weighted by Gasteiger charge is -2.32. The van der Waals surface area contributed by atoms with E-state index in [1.165, 1.54) is 0 Å². The van der Waals surface area contributed by atoms with Gasteiger partial charge in [-0.3, -0.25) is 4.79 Å². The quantitative estimate of drug-likeness (QED) is 0.712. The van der Waals surface area contributed by atoms with Crippen LogP contribution in [-0.2, 0) is 17.8 Å². The highest BCUT2D eigenvalue weighted by atomic mass is 16.5. The number of carbonyl (C=O) groups excluding carboxylic acids is 1. The van der Waals surface area contributed by atoms with Crippen LogP contribution < -0.4 is 10.1 Å². The number of terminal acetylenes is 1. The van der Waals surface area contributed by atoms with Gasteiger partial charge in [0.1, 0.15) is 12.4 Å². The van der Waals surface area contributed by atoms with Crippen LogP contribution in [0.15, 0.2) is 40.9 Å². The van der Waals surface area contributed by atoms with Crippen LogP contribution >= 0.6 is 0 Å². The van der Waals surface area contributed by atoms with Gasteiger partial charge in [-0.2, -0.15) is 0 Å². The van der Waals surface area contributed by atoms with Gasteiger partial charge in [-0.1, -0.05) is 29.3 Å². The molecule has 6 nitrogen and oxygen atoms in total. The molecule has 1 aromatic carbocycles. The van der Waals surface area contributed by atoms with E-state index >= 15 is 0 Å². The lowest BCUT2D eigenvalue weighted by molar-refractivity contribution is -0.131. The zero-order chi connectivity index (χ0) is 19.8. The first-order chi connectivity index (χ1) is 13.7. The fourth-order valence-electron chi connectivity index (χ4n) is 3.55. The molecule has 0 radical (unpaired) electrons. The number of nitrogens with zero attached hydrogens (tertiary/aromatic N) is 2. The number of carbonyl (C=O) groups is 1. The first-order valence-electron chi connectivity index (χ1n) is 9.66. The van der Waals surface area contributed by atoms with Gasteiger partial charge in [-0.15, -0.1) is 6.42 Å². The van der Waals surface area contributed by atoms with Crippen molar-refractivity contribution in [2.24, 2.45) is 11.8 Å². The fourth-order valence-corrected chi connectivity index (χ4v) is 3.55. The zero-order valence-electron chi connectivity index (χ0n) is 16.3. The van der Waals surface area contributed by atoms with Gasteiger partial charge in [0.15, 0.2) is 5.76 Å². The first-order valence-corrected chi connectivity index (χ1v) is 9.66. The zero-order valence-corrected chi connectivity index (χ0v) is 16.3. The van der Waals surface area contributed by atoms with Crippen LogP contribution in [0.3, 0.4) is 0 Å². The van der Waals surface area contributed by atoms with Crippen LogP contribution in [0.5, 0.6) is 5.75 Å². The van der Waals surface area contributed by atoms with Crippen LogP contribution in [-0.4, -0.2) is 42.6 Å². The van der Waals surface area contributed by atoms with Crippen LogP contribution in [0.4, 0.5) is 0 Å². The van der Waals surface area contributed by atoms with E-state index in [2.05, 4.69) is 16.4 Å². The molecule has 1 fully saturated rings. The highest BCUT2D eigenvalue weighted by Crippen LogP contribution is 2.27. The number of rotatable bonds is 8. The van der Waals surface area contributed by atoms with Gasteiger partial charge in [-0.05, 0) is 49.9 Å². The van der Waals surface area contributed by atoms with Crippen LogP contribution in [0, 0.1) is 24.2 Å². The Hall–Kier alpha value is -2.78. The lowest BCUT2D eigenvalue weighted by Crippen LogP contribution is -2.40. The van der Waals surface area contributed by atoms with Gasteiger partial charge < -0.3 is 19.5 Å². The number of amides is 1. The number of hydrogen-bond acceptors (Lipinski definition) is 5. The normalized spacial score (nSPS) is 19.0. The summed E-state index contributed by atoms with van der Waals surface area (Å²) >= 11 is 0. The Morgan fingerprint density at radius 1 is 1.39 bits per heavy atom. The van der Waals surface area contributed by atoms with Crippen molar-refractivity contribution in [3.05, 3.63) is 47.9 Å². The van der Waals surface area contributed by atoms with E-state index in [0.29, 0.717) is 37.2 Å². The minimum absolute atomic E-state index is 0.104. The molecule has 1 amide bonds. The van der Waals surface area contributed by atoms with Crippen molar-refractivity contribution in [1.82, 2.24) is 15.4 Å². The summed E-state index contributed by atoms with van der Waals surface area (Å²) in [5.41, 5.74) is 0.898. The highest BCUT2D eigenvalue weighted by Gasteiger charge is 2.29. The lowest BCUT2D eigenvalue weighted by atomic mass is 9.81. The molecule has 2 atom stereocenters. The second-order valence-electron chi connectivity index (χ2n) is 7.26. The summed E-state index contributed by atoms with van der Waals surface area (Å²) in [4.78, 5) is 14.0. The van der Waals surface area contributed by atoms with Crippen molar-refractivity contribution in [2.45, 2.75) is 25.9 Å². The summed E-state index contributed by atoms with van der Waals surface area (Å²) in [5, 5.41) is 7.62. The molecule has 6 heteroatoms. The summed E-state index contributed by atoms with van der Waals surface area (Å²) in [6, 6.07) is 11.6. The average molecular weight is 381 g/mol. The molecule has 1 saturated heterocycles. The van der Waals surface area contributed by atoms with E-state index in [0.717, 1.165) is 37.4 Å². The molecule has 3 rings (SSSR count). The molecular formula is C22H27N3O3. The predicted molar refractivity (Wildman–Crippen MR) is 107 cm³/mol. The Bertz CT molecular complexity index is 797. The van der Waals surface area contributed by atoms with Gasteiger partial charge in [0.2, 0.25) is 5.91 Å². The minimum Gasteiger partial charge on any atom is -0.486 e. The van der Waals surface area contributed by atoms with Crippen molar-refractivity contribution < 1.29 is 14.1 Å². The van der Waals surface area contributed by atoms with E-state index in [1.54, 1.807) is 11.9 Å². The SMILES string of the molecule is C#CCN(C)C(=O)CC1CCNCC1Cc1cc(COc2ccccc2)on1. The molecule has 0 aliphatic carbocycles. The molecule has 2 unspecified atom stereocenters. The third kappa shape index (κ3) is 5.61. The molecule has 1 aromatic heterocycles. The van der Waals surface area contributed by atoms with Crippen LogP contribution in [0.2, 0.25) is 0 Å². The average Bonchev–Trinajstić information content (AvgIpc) is 3.16. The first kappa shape index (κ1) is 20.0. The summed E-state index contributed by atoms with van der Waals surface area (Å²) in [5.74, 6) is 4.77. The summed E-state index contributed by atoms with van der Waals surface area (Å²) in [7, 11) is 1.76. The molecule has 0 saturated carbocycles. The molecule has 0 spiro atoms. The second kappa shape index (κ2) is 9.95. The van der Waals surface area contributed by atoms with E-state index in [9.17, 15) is 4.79 Å². The second-order valence-corrected chi connectivity index (χ2v) is 7.26. The van der Waals surface area contributed by atoms with Crippen molar-refractivity contribution in [3.8, 4) is 18.1 Å². The number of nitrogens with one attached hydrogen (secondary N) is 1. The maximum absolute atomic E-state index is 12.4.